The van der Waals surface area contributed by atoms with E-state index in [0.29, 0.717) is 18.1 Å². The highest BCUT2D eigenvalue weighted by atomic mass is 16.6. The van der Waals surface area contributed by atoms with Gasteiger partial charge < -0.3 is 14.0 Å². The molecule has 0 unspecified atom stereocenters. The van der Waals surface area contributed by atoms with Crippen molar-refractivity contribution in [2.24, 2.45) is 7.05 Å². The van der Waals surface area contributed by atoms with Crippen LogP contribution >= 0.6 is 0 Å². The maximum absolute atomic E-state index is 12.0. The summed E-state index contributed by atoms with van der Waals surface area (Å²) < 4.78 is 14.9. The lowest BCUT2D eigenvalue weighted by Gasteiger charge is -2.19. The Morgan fingerprint density at radius 2 is 1.88 bits per heavy atom. The Kier molecular flexibility index (Phi) is 5.84. The lowest BCUT2D eigenvalue weighted by atomic mass is 10.1. The van der Waals surface area contributed by atoms with E-state index < -0.39 is 11.7 Å². The van der Waals surface area contributed by atoms with Crippen LogP contribution in [0.1, 0.15) is 31.9 Å². The van der Waals surface area contributed by atoms with Crippen LogP contribution in [0.5, 0.6) is 5.88 Å². The fourth-order valence-corrected chi connectivity index (χ4v) is 3.81. The van der Waals surface area contributed by atoms with Gasteiger partial charge in [0, 0.05) is 43.3 Å². The Hall–Kier alpha value is -3.81. The maximum atomic E-state index is 12.0. The average Bonchev–Trinajstić information content (AvgIpc) is 3.30. The van der Waals surface area contributed by atoms with Crippen LogP contribution in [-0.2, 0) is 18.3 Å². The van der Waals surface area contributed by atoms with E-state index in [0.717, 1.165) is 33.3 Å². The molecule has 0 saturated carbocycles. The minimum Gasteiger partial charge on any atom is -0.480 e. The van der Waals surface area contributed by atoms with Gasteiger partial charge in [-0.3, -0.25) is 10.00 Å². The maximum Gasteiger partial charge on any atom is 0.412 e. The second kappa shape index (κ2) is 8.61. The summed E-state index contributed by atoms with van der Waals surface area (Å²) in [5.41, 5.74) is 5.05. The highest BCUT2D eigenvalue weighted by Crippen LogP contribution is 2.36. The van der Waals surface area contributed by atoms with Crippen LogP contribution in [-0.4, -0.2) is 38.1 Å². The molecule has 0 radical (unpaired) electrons. The number of carbonyl (C=O) groups is 1. The molecule has 4 rings (SSSR count). The van der Waals surface area contributed by atoms with Gasteiger partial charge in [-0.15, -0.1) is 0 Å². The van der Waals surface area contributed by atoms with E-state index in [-0.39, 0.29) is 0 Å². The monoisotopic (exact) mass is 447 g/mol. The summed E-state index contributed by atoms with van der Waals surface area (Å²) in [4.78, 5) is 16.5. The van der Waals surface area contributed by atoms with E-state index in [1.807, 2.05) is 70.5 Å². The zero-order chi connectivity index (χ0) is 23.8. The van der Waals surface area contributed by atoms with Gasteiger partial charge in [0.05, 0.1) is 23.9 Å². The van der Waals surface area contributed by atoms with Crippen molar-refractivity contribution in [2.45, 2.75) is 39.8 Å². The van der Waals surface area contributed by atoms with Crippen molar-refractivity contribution in [3.63, 3.8) is 0 Å². The molecule has 0 fully saturated rings. The minimum atomic E-state index is -0.543. The first-order valence-corrected chi connectivity index (χ1v) is 10.8. The second-order valence-corrected chi connectivity index (χ2v) is 9.04. The molecule has 0 saturated heterocycles. The van der Waals surface area contributed by atoms with Crippen LogP contribution in [0.4, 0.5) is 10.5 Å². The predicted octanol–water partition coefficient (Wildman–Crippen LogP) is 5.15. The smallest absolute Gasteiger partial charge is 0.412 e. The Morgan fingerprint density at radius 1 is 1.15 bits per heavy atom. The van der Waals surface area contributed by atoms with Crippen LogP contribution in [0.2, 0.25) is 0 Å². The Labute approximate surface area is 193 Å². The molecule has 172 valence electrons. The number of methoxy groups -OCH3 is 1. The van der Waals surface area contributed by atoms with Gasteiger partial charge in [-0.05, 0) is 57.0 Å². The number of fused-ring (bicyclic) bond motifs is 1. The summed E-state index contributed by atoms with van der Waals surface area (Å²) in [6.45, 7) is 8.22. The number of amides is 1. The van der Waals surface area contributed by atoms with E-state index in [1.165, 1.54) is 0 Å². The largest absolute Gasteiger partial charge is 0.480 e. The summed E-state index contributed by atoms with van der Waals surface area (Å²) in [5.74, 6) is 0.539. The lowest BCUT2D eigenvalue weighted by molar-refractivity contribution is 0.0636. The Bertz CT molecular complexity index is 1300. The van der Waals surface area contributed by atoms with Crippen molar-refractivity contribution in [2.75, 3.05) is 12.4 Å². The van der Waals surface area contributed by atoms with Gasteiger partial charge in [-0.25, -0.2) is 9.78 Å². The van der Waals surface area contributed by atoms with Gasteiger partial charge in [0.15, 0.2) is 0 Å². The van der Waals surface area contributed by atoms with Crippen LogP contribution in [0.3, 0.4) is 0 Å². The van der Waals surface area contributed by atoms with Gasteiger partial charge in [-0.2, -0.15) is 5.10 Å². The minimum absolute atomic E-state index is 0.470. The van der Waals surface area contributed by atoms with E-state index in [4.69, 9.17) is 9.47 Å². The predicted molar refractivity (Wildman–Crippen MR) is 129 cm³/mol. The van der Waals surface area contributed by atoms with Gasteiger partial charge >= 0.3 is 6.09 Å². The molecule has 0 aliphatic rings. The molecule has 8 heteroatoms. The molecule has 1 amide bonds. The molecule has 0 aliphatic heterocycles. The molecule has 3 aromatic heterocycles. The van der Waals surface area contributed by atoms with Crippen molar-refractivity contribution in [3.05, 3.63) is 60.0 Å². The van der Waals surface area contributed by atoms with Gasteiger partial charge in [0.25, 0.3) is 0 Å². The van der Waals surface area contributed by atoms with Gasteiger partial charge in [-0.1, -0.05) is 12.1 Å². The third kappa shape index (κ3) is 4.84. The molecule has 0 aliphatic carbocycles. The van der Waals surface area contributed by atoms with E-state index in [1.54, 1.807) is 11.8 Å². The summed E-state index contributed by atoms with van der Waals surface area (Å²) >= 11 is 0. The number of aryl methyl sites for hydroxylation is 2. The third-order valence-electron chi connectivity index (χ3n) is 5.19. The van der Waals surface area contributed by atoms with Crippen molar-refractivity contribution in [1.82, 2.24) is 19.3 Å². The fourth-order valence-electron chi connectivity index (χ4n) is 3.81. The average molecular weight is 448 g/mol. The number of rotatable bonds is 5. The number of pyridine rings is 1. The molecule has 3 heterocycles. The molecule has 1 N–H and O–H groups in total. The SMILES string of the molecule is COc1ncc2c(C)cn(Cc3ccc(NC(=O)OC(C)(C)C)cc3)c2c1-c1ccn(C)n1. The zero-order valence-corrected chi connectivity index (χ0v) is 19.8. The first-order valence-electron chi connectivity index (χ1n) is 10.8. The Morgan fingerprint density at radius 3 is 2.48 bits per heavy atom. The van der Waals surface area contributed by atoms with Gasteiger partial charge in [0.2, 0.25) is 5.88 Å². The number of anilines is 1. The van der Waals surface area contributed by atoms with Crippen LogP contribution in [0, 0.1) is 6.92 Å². The van der Waals surface area contributed by atoms with Crippen molar-refractivity contribution >= 4 is 22.7 Å². The number of hydrogen-bond donors (Lipinski definition) is 1. The number of aromatic nitrogens is 4. The fraction of sp³-hybridized carbons (Fsp3) is 0.320. The number of benzene rings is 1. The van der Waals surface area contributed by atoms with Crippen LogP contribution in [0.25, 0.3) is 22.2 Å². The number of nitrogens with zero attached hydrogens (tertiary/aromatic N) is 4. The van der Waals surface area contributed by atoms with Crippen molar-refractivity contribution in [1.29, 1.82) is 0 Å². The van der Waals surface area contributed by atoms with E-state index in [9.17, 15) is 4.79 Å². The topological polar surface area (TPSA) is 83.2 Å². The summed E-state index contributed by atoms with van der Waals surface area (Å²) in [6, 6.07) is 9.70. The highest BCUT2D eigenvalue weighted by molar-refractivity contribution is 5.97. The first kappa shape index (κ1) is 22.4. The third-order valence-corrected chi connectivity index (χ3v) is 5.19. The second-order valence-electron chi connectivity index (χ2n) is 9.04. The van der Waals surface area contributed by atoms with Crippen LogP contribution < -0.4 is 10.1 Å². The molecular weight excluding hydrogens is 418 g/mol. The summed E-state index contributed by atoms with van der Waals surface area (Å²) in [5, 5.41) is 8.42. The normalized spacial score (nSPS) is 11.6. The number of ether oxygens (including phenoxy) is 2. The number of carbonyl (C=O) groups excluding carboxylic acids is 1. The Balaban J connectivity index is 1.66. The van der Waals surface area contributed by atoms with Crippen LogP contribution in [0.15, 0.2) is 48.9 Å². The molecule has 0 spiro atoms. The summed E-state index contributed by atoms with van der Waals surface area (Å²) in [6.07, 6.45) is 5.40. The molecular formula is C25H29N5O3. The zero-order valence-electron chi connectivity index (χ0n) is 19.8. The quantitative estimate of drug-likeness (QED) is 0.457. The lowest BCUT2D eigenvalue weighted by Crippen LogP contribution is -2.27. The summed E-state index contributed by atoms with van der Waals surface area (Å²) in [7, 11) is 3.51. The van der Waals surface area contributed by atoms with Crippen molar-refractivity contribution in [3.8, 4) is 17.1 Å². The number of nitrogens with one attached hydrogen (secondary N) is 1. The molecule has 1 aromatic carbocycles. The molecule has 0 atom stereocenters. The van der Waals surface area contributed by atoms with E-state index in [2.05, 4.69) is 33.1 Å². The van der Waals surface area contributed by atoms with Gasteiger partial charge in [0.1, 0.15) is 5.60 Å². The van der Waals surface area contributed by atoms with Crippen molar-refractivity contribution < 1.29 is 14.3 Å². The highest BCUT2D eigenvalue weighted by Gasteiger charge is 2.20. The standard InChI is InChI=1S/C25H29N5O3/c1-16-14-30(15-17-7-9-18(10-8-17)27-24(31)33-25(2,3)4)22-19(16)13-26-23(32-6)21(22)20-11-12-29(5)28-20/h7-14H,15H2,1-6H3,(H,27,31). The molecule has 4 aromatic rings. The molecule has 0 bridgehead atoms. The molecule has 33 heavy (non-hydrogen) atoms. The first-order chi connectivity index (χ1) is 15.6. The van der Waals surface area contributed by atoms with E-state index >= 15 is 0 Å². The molecule has 8 nitrogen and oxygen atoms in total. The number of hydrogen-bond acceptors (Lipinski definition) is 5.